The molecule has 0 radical (unpaired) electrons. The number of carbonyl (C=O) groups excluding carboxylic acids is 1. The molecule has 4 rings (SSSR count). The number of para-hydroxylation sites is 1. The Kier molecular flexibility index (Phi) is 6.14. The molecular weight excluding hydrogens is 390 g/mol. The Morgan fingerprint density at radius 3 is 2.89 bits per heavy atom. The van der Waals surface area contributed by atoms with E-state index in [1.165, 1.54) is 17.4 Å². The molecule has 7 heteroatoms. The van der Waals surface area contributed by atoms with Gasteiger partial charge in [0.05, 0.1) is 22.1 Å². The van der Waals surface area contributed by atoms with Crippen molar-refractivity contribution in [2.45, 2.75) is 23.3 Å². The SMILES string of the molecule is COC1CCCN(c2ccc(NC(=O)CSc3nc4ccccc4s3)cc2)C1. The molecule has 1 unspecified atom stereocenters. The minimum absolute atomic E-state index is 0.0191. The van der Waals surface area contributed by atoms with Crippen molar-refractivity contribution in [2.75, 3.05) is 36.2 Å². The van der Waals surface area contributed by atoms with Gasteiger partial charge in [0.15, 0.2) is 4.34 Å². The third-order valence-corrected chi connectivity index (χ3v) is 7.01. The van der Waals surface area contributed by atoms with E-state index in [0.717, 1.165) is 46.2 Å². The molecule has 1 saturated heterocycles. The van der Waals surface area contributed by atoms with Crippen LogP contribution in [0.1, 0.15) is 12.8 Å². The van der Waals surface area contributed by atoms with E-state index < -0.39 is 0 Å². The van der Waals surface area contributed by atoms with Gasteiger partial charge in [0.25, 0.3) is 0 Å². The van der Waals surface area contributed by atoms with Gasteiger partial charge in [-0.2, -0.15) is 0 Å². The van der Waals surface area contributed by atoms with Crippen molar-refractivity contribution in [2.24, 2.45) is 0 Å². The van der Waals surface area contributed by atoms with Crippen LogP contribution in [0.4, 0.5) is 11.4 Å². The number of anilines is 2. The monoisotopic (exact) mass is 413 g/mol. The Hall–Kier alpha value is -2.09. The number of benzene rings is 2. The molecule has 2 heterocycles. The number of carbonyl (C=O) groups is 1. The lowest BCUT2D eigenvalue weighted by Gasteiger charge is -2.33. The number of hydrogen-bond acceptors (Lipinski definition) is 6. The number of hydrogen-bond donors (Lipinski definition) is 1. The van der Waals surface area contributed by atoms with Gasteiger partial charge in [-0.15, -0.1) is 11.3 Å². The fraction of sp³-hybridized carbons (Fsp3) is 0.333. The summed E-state index contributed by atoms with van der Waals surface area (Å²) in [7, 11) is 1.78. The maximum Gasteiger partial charge on any atom is 0.234 e. The zero-order valence-corrected chi connectivity index (χ0v) is 17.4. The van der Waals surface area contributed by atoms with Gasteiger partial charge < -0.3 is 15.0 Å². The Morgan fingerprint density at radius 1 is 1.29 bits per heavy atom. The number of thioether (sulfide) groups is 1. The first-order chi connectivity index (χ1) is 13.7. The molecule has 0 bridgehead atoms. The third kappa shape index (κ3) is 4.66. The first kappa shape index (κ1) is 19.2. The second-order valence-electron chi connectivity index (χ2n) is 6.78. The van der Waals surface area contributed by atoms with E-state index in [9.17, 15) is 4.79 Å². The molecule has 2 aromatic carbocycles. The number of methoxy groups -OCH3 is 1. The van der Waals surface area contributed by atoms with Crippen molar-refractivity contribution < 1.29 is 9.53 Å². The summed E-state index contributed by atoms with van der Waals surface area (Å²) < 4.78 is 7.56. The van der Waals surface area contributed by atoms with Gasteiger partial charge >= 0.3 is 0 Å². The maximum atomic E-state index is 12.3. The summed E-state index contributed by atoms with van der Waals surface area (Å²) >= 11 is 3.10. The highest BCUT2D eigenvalue weighted by Gasteiger charge is 2.19. The van der Waals surface area contributed by atoms with E-state index in [4.69, 9.17) is 4.74 Å². The van der Waals surface area contributed by atoms with Crippen molar-refractivity contribution in [1.82, 2.24) is 4.98 Å². The minimum Gasteiger partial charge on any atom is -0.380 e. The molecule has 1 aliphatic heterocycles. The molecule has 5 nitrogen and oxygen atoms in total. The first-order valence-corrected chi connectivity index (χ1v) is 11.2. The van der Waals surface area contributed by atoms with Crippen LogP contribution in [0, 0.1) is 0 Å². The smallest absolute Gasteiger partial charge is 0.234 e. The second kappa shape index (κ2) is 8.94. The molecule has 1 amide bonds. The Labute approximate surface area is 173 Å². The van der Waals surface area contributed by atoms with Crippen molar-refractivity contribution in [3.63, 3.8) is 0 Å². The molecule has 1 fully saturated rings. The zero-order valence-electron chi connectivity index (χ0n) is 15.8. The van der Waals surface area contributed by atoms with E-state index >= 15 is 0 Å². The molecule has 1 aromatic heterocycles. The normalized spacial score (nSPS) is 17.0. The van der Waals surface area contributed by atoms with E-state index in [2.05, 4.69) is 33.4 Å². The predicted molar refractivity (Wildman–Crippen MR) is 118 cm³/mol. The van der Waals surface area contributed by atoms with Crippen molar-refractivity contribution in [3.05, 3.63) is 48.5 Å². The summed E-state index contributed by atoms with van der Waals surface area (Å²) in [6.07, 6.45) is 2.56. The average Bonchev–Trinajstić information content (AvgIpc) is 3.16. The van der Waals surface area contributed by atoms with Gasteiger partial charge in [-0.25, -0.2) is 4.98 Å². The number of rotatable bonds is 6. The summed E-state index contributed by atoms with van der Waals surface area (Å²) in [6.45, 7) is 1.96. The number of piperidine rings is 1. The van der Waals surface area contributed by atoms with Crippen molar-refractivity contribution >= 4 is 50.6 Å². The quantitative estimate of drug-likeness (QED) is 0.597. The molecule has 1 N–H and O–H groups in total. The van der Waals surface area contributed by atoms with Crippen LogP contribution in [0.25, 0.3) is 10.2 Å². The fourth-order valence-electron chi connectivity index (χ4n) is 3.36. The molecule has 1 aliphatic rings. The lowest BCUT2D eigenvalue weighted by Crippen LogP contribution is -2.39. The highest BCUT2D eigenvalue weighted by molar-refractivity contribution is 8.01. The van der Waals surface area contributed by atoms with Gasteiger partial charge in [-0.1, -0.05) is 23.9 Å². The highest BCUT2D eigenvalue weighted by atomic mass is 32.2. The molecule has 1 atom stereocenters. The molecule has 3 aromatic rings. The molecule has 0 saturated carbocycles. The zero-order chi connectivity index (χ0) is 19.3. The molecule has 0 aliphatic carbocycles. The van der Waals surface area contributed by atoms with E-state index in [1.807, 2.05) is 30.3 Å². The molecule has 146 valence electrons. The lowest BCUT2D eigenvalue weighted by molar-refractivity contribution is -0.113. The topological polar surface area (TPSA) is 54.5 Å². The predicted octanol–water partition coefficient (Wildman–Crippen LogP) is 4.64. The minimum atomic E-state index is -0.0191. The summed E-state index contributed by atoms with van der Waals surface area (Å²) in [6, 6.07) is 16.1. The number of ether oxygens (including phenoxy) is 1. The number of aromatic nitrogens is 1. The number of nitrogens with zero attached hydrogens (tertiary/aromatic N) is 2. The van der Waals surface area contributed by atoms with Crippen LogP contribution in [0.5, 0.6) is 0 Å². The van der Waals surface area contributed by atoms with Crippen LogP contribution in [-0.4, -0.2) is 42.9 Å². The van der Waals surface area contributed by atoms with Crippen LogP contribution in [-0.2, 0) is 9.53 Å². The van der Waals surface area contributed by atoms with Gasteiger partial charge in [0.2, 0.25) is 5.91 Å². The number of thiazole rings is 1. The number of nitrogens with one attached hydrogen (secondary N) is 1. The first-order valence-electron chi connectivity index (χ1n) is 9.37. The Balaban J connectivity index is 1.30. The van der Waals surface area contributed by atoms with Crippen molar-refractivity contribution in [1.29, 1.82) is 0 Å². The van der Waals surface area contributed by atoms with Gasteiger partial charge in [0, 0.05) is 31.6 Å². The Bertz CT molecular complexity index is 909. The third-order valence-electron chi connectivity index (χ3n) is 4.83. The number of amides is 1. The van der Waals surface area contributed by atoms with Crippen LogP contribution in [0.15, 0.2) is 52.9 Å². The number of fused-ring (bicyclic) bond motifs is 1. The fourth-order valence-corrected chi connectivity index (χ4v) is 5.23. The lowest BCUT2D eigenvalue weighted by atomic mass is 10.1. The van der Waals surface area contributed by atoms with Gasteiger partial charge in [0.1, 0.15) is 0 Å². The van der Waals surface area contributed by atoms with E-state index in [-0.39, 0.29) is 5.91 Å². The summed E-state index contributed by atoms with van der Waals surface area (Å²) in [5.41, 5.74) is 2.97. The summed E-state index contributed by atoms with van der Waals surface area (Å²) in [5.74, 6) is 0.331. The molecule has 0 spiro atoms. The van der Waals surface area contributed by atoms with Crippen LogP contribution in [0.3, 0.4) is 0 Å². The molecule has 28 heavy (non-hydrogen) atoms. The average molecular weight is 414 g/mol. The standard InChI is InChI=1S/C21H23N3O2S2/c1-26-17-5-4-12-24(13-17)16-10-8-15(9-11-16)22-20(25)14-27-21-23-18-6-2-3-7-19(18)28-21/h2-3,6-11,17H,4-5,12-14H2,1H3,(H,22,25). The van der Waals surface area contributed by atoms with E-state index in [1.54, 1.807) is 18.4 Å². The Morgan fingerprint density at radius 2 is 2.11 bits per heavy atom. The van der Waals surface area contributed by atoms with Crippen LogP contribution < -0.4 is 10.2 Å². The maximum absolute atomic E-state index is 12.3. The highest BCUT2D eigenvalue weighted by Crippen LogP contribution is 2.29. The van der Waals surface area contributed by atoms with E-state index in [0.29, 0.717) is 11.9 Å². The van der Waals surface area contributed by atoms with Gasteiger partial charge in [-0.05, 0) is 49.2 Å². The van der Waals surface area contributed by atoms with Crippen LogP contribution in [0.2, 0.25) is 0 Å². The summed E-state index contributed by atoms with van der Waals surface area (Å²) in [5, 5.41) is 2.97. The van der Waals surface area contributed by atoms with Crippen LogP contribution >= 0.6 is 23.1 Å². The largest absolute Gasteiger partial charge is 0.380 e. The van der Waals surface area contributed by atoms with Crippen molar-refractivity contribution in [3.8, 4) is 0 Å². The van der Waals surface area contributed by atoms with Gasteiger partial charge in [-0.3, -0.25) is 4.79 Å². The molecular formula is C21H23N3O2S2. The second-order valence-corrected chi connectivity index (χ2v) is 9.03. The summed E-state index contributed by atoms with van der Waals surface area (Å²) in [4.78, 5) is 19.2.